The first kappa shape index (κ1) is 10.4. The lowest BCUT2D eigenvalue weighted by molar-refractivity contribution is 0.625. The van der Waals surface area contributed by atoms with E-state index >= 15 is 0 Å². The molecule has 0 fully saturated rings. The molecule has 13 heavy (non-hydrogen) atoms. The van der Waals surface area contributed by atoms with Gasteiger partial charge in [0, 0.05) is 5.69 Å². The second-order valence-electron chi connectivity index (χ2n) is 2.49. The number of anilines is 2. The van der Waals surface area contributed by atoms with Crippen molar-refractivity contribution in [3.8, 4) is 0 Å². The van der Waals surface area contributed by atoms with Gasteiger partial charge in [-0.3, -0.25) is 0 Å². The number of benzene rings is 1. The molecule has 0 aliphatic carbocycles. The van der Waals surface area contributed by atoms with Gasteiger partial charge in [-0.25, -0.2) is 4.39 Å². The lowest BCUT2D eigenvalue weighted by atomic mass is 10.2. The van der Waals surface area contributed by atoms with Crippen LogP contribution < -0.4 is 10.6 Å². The average Bonchev–Trinajstić information content (AvgIpc) is 2.10. The van der Waals surface area contributed by atoms with E-state index in [1.807, 2.05) is 0 Å². The van der Waals surface area contributed by atoms with Crippen LogP contribution in [0.4, 0.5) is 15.8 Å². The quantitative estimate of drug-likeness (QED) is 0.484. The number of rotatable bonds is 3. The first-order valence-corrected chi connectivity index (χ1v) is 4.68. The van der Waals surface area contributed by atoms with Crippen LogP contribution in [-0.2, 0) is 0 Å². The Balaban J connectivity index is 2.99. The lowest BCUT2D eigenvalue weighted by Gasteiger charge is -2.18. The van der Waals surface area contributed by atoms with Crippen molar-refractivity contribution < 1.29 is 4.39 Å². The monoisotopic (exact) mass is 222 g/mol. The average molecular weight is 223 g/mol. The summed E-state index contributed by atoms with van der Waals surface area (Å²) in [6.07, 6.45) is 0. The molecular weight excluding hydrogens is 214 g/mol. The molecule has 72 valence electrons. The van der Waals surface area contributed by atoms with E-state index in [0.29, 0.717) is 11.4 Å². The molecule has 0 radical (unpaired) electrons. The molecular formula is C8H9Cl2FN2. The third-order valence-corrected chi connectivity index (χ3v) is 2.18. The molecule has 5 heteroatoms. The zero-order valence-corrected chi connectivity index (χ0v) is 8.32. The highest BCUT2D eigenvalue weighted by molar-refractivity contribution is 6.22. The Hall–Kier alpha value is -0.670. The van der Waals surface area contributed by atoms with E-state index < -0.39 is 5.82 Å². The molecule has 1 aromatic rings. The highest BCUT2D eigenvalue weighted by Crippen LogP contribution is 2.22. The van der Waals surface area contributed by atoms with Gasteiger partial charge in [0.05, 0.1) is 17.7 Å². The maximum Gasteiger partial charge on any atom is 0.148 e. The van der Waals surface area contributed by atoms with Gasteiger partial charge < -0.3 is 10.6 Å². The van der Waals surface area contributed by atoms with Crippen LogP contribution in [0.25, 0.3) is 0 Å². The van der Waals surface area contributed by atoms with Crippen LogP contribution in [0.15, 0.2) is 18.2 Å². The van der Waals surface area contributed by atoms with E-state index in [1.165, 1.54) is 11.0 Å². The van der Waals surface area contributed by atoms with Crippen molar-refractivity contribution in [3.05, 3.63) is 24.0 Å². The van der Waals surface area contributed by atoms with Crippen LogP contribution in [-0.4, -0.2) is 12.0 Å². The normalized spacial score (nSPS) is 10.1. The summed E-state index contributed by atoms with van der Waals surface area (Å²) >= 11 is 11.1. The van der Waals surface area contributed by atoms with Gasteiger partial charge in [-0.1, -0.05) is 0 Å². The Morgan fingerprint density at radius 2 is 1.92 bits per heavy atom. The van der Waals surface area contributed by atoms with Crippen molar-refractivity contribution in [2.24, 2.45) is 0 Å². The molecule has 1 rings (SSSR count). The fourth-order valence-corrected chi connectivity index (χ4v) is 1.45. The maximum absolute atomic E-state index is 13.2. The van der Waals surface area contributed by atoms with E-state index in [9.17, 15) is 4.39 Å². The highest BCUT2D eigenvalue weighted by Gasteiger charge is 2.08. The summed E-state index contributed by atoms with van der Waals surface area (Å²) in [7, 11) is 0. The summed E-state index contributed by atoms with van der Waals surface area (Å²) in [4.78, 5) is 1.48. The third kappa shape index (κ3) is 2.39. The molecule has 0 aliphatic rings. The van der Waals surface area contributed by atoms with Crippen molar-refractivity contribution in [3.63, 3.8) is 0 Å². The van der Waals surface area contributed by atoms with Crippen LogP contribution in [0.1, 0.15) is 0 Å². The molecule has 0 heterocycles. The Morgan fingerprint density at radius 1 is 1.31 bits per heavy atom. The van der Waals surface area contributed by atoms with E-state index in [-0.39, 0.29) is 12.0 Å². The van der Waals surface area contributed by atoms with E-state index in [0.717, 1.165) is 0 Å². The maximum atomic E-state index is 13.2. The van der Waals surface area contributed by atoms with Gasteiger partial charge in [0.15, 0.2) is 0 Å². The smallest absolute Gasteiger partial charge is 0.148 e. The summed E-state index contributed by atoms with van der Waals surface area (Å²) < 4.78 is 13.2. The molecule has 2 N–H and O–H groups in total. The van der Waals surface area contributed by atoms with Gasteiger partial charge in [-0.15, -0.1) is 23.2 Å². The molecule has 0 aromatic heterocycles. The Kier molecular flexibility index (Phi) is 3.63. The summed E-state index contributed by atoms with van der Waals surface area (Å²) in [6, 6.07) is 4.68. The second kappa shape index (κ2) is 4.53. The lowest BCUT2D eigenvalue weighted by Crippen LogP contribution is -2.20. The number of alkyl halides is 2. The van der Waals surface area contributed by atoms with Crippen molar-refractivity contribution in [2.75, 3.05) is 22.6 Å². The van der Waals surface area contributed by atoms with Crippen molar-refractivity contribution in [1.82, 2.24) is 0 Å². The predicted octanol–water partition coefficient (Wildman–Crippen LogP) is 2.61. The SMILES string of the molecule is Nc1ccc(N(CCl)CCl)c(F)c1. The molecule has 0 saturated carbocycles. The molecule has 0 atom stereocenters. The highest BCUT2D eigenvalue weighted by atomic mass is 35.5. The Labute approximate surface area is 86.0 Å². The standard InChI is InChI=1S/C8H9Cl2FN2/c9-4-13(5-10)8-2-1-6(12)3-7(8)11/h1-3H,4-5,12H2. The fourth-order valence-electron chi connectivity index (χ4n) is 0.940. The first-order chi connectivity index (χ1) is 6.19. The summed E-state index contributed by atoms with van der Waals surface area (Å²) in [6.45, 7) is 0. The third-order valence-electron chi connectivity index (χ3n) is 1.60. The summed E-state index contributed by atoms with van der Waals surface area (Å²) in [5.41, 5.74) is 6.13. The van der Waals surface area contributed by atoms with Gasteiger partial charge in [-0.2, -0.15) is 0 Å². The topological polar surface area (TPSA) is 29.3 Å². The van der Waals surface area contributed by atoms with Gasteiger partial charge in [0.25, 0.3) is 0 Å². The Morgan fingerprint density at radius 3 is 2.38 bits per heavy atom. The summed E-state index contributed by atoms with van der Waals surface area (Å²) in [5.74, 6) is -0.415. The summed E-state index contributed by atoms with van der Waals surface area (Å²) in [5, 5.41) is 0. The van der Waals surface area contributed by atoms with Gasteiger partial charge in [0.2, 0.25) is 0 Å². The van der Waals surface area contributed by atoms with Crippen molar-refractivity contribution in [2.45, 2.75) is 0 Å². The molecule has 2 nitrogen and oxygen atoms in total. The van der Waals surface area contributed by atoms with Crippen LogP contribution in [0.5, 0.6) is 0 Å². The minimum absolute atomic E-state index is 0.143. The fraction of sp³-hybridized carbons (Fsp3) is 0.250. The van der Waals surface area contributed by atoms with Crippen LogP contribution in [0.2, 0.25) is 0 Å². The second-order valence-corrected chi connectivity index (χ2v) is 2.97. The Bertz CT molecular complexity index is 289. The van der Waals surface area contributed by atoms with Crippen LogP contribution in [0.3, 0.4) is 0 Å². The molecule has 0 aliphatic heterocycles. The number of nitrogens with two attached hydrogens (primary N) is 1. The molecule has 0 unspecified atom stereocenters. The van der Waals surface area contributed by atoms with Crippen LogP contribution >= 0.6 is 23.2 Å². The van der Waals surface area contributed by atoms with E-state index in [1.54, 1.807) is 12.1 Å². The van der Waals surface area contributed by atoms with Gasteiger partial charge in [0.1, 0.15) is 5.82 Å². The molecule has 0 amide bonds. The molecule has 0 saturated heterocycles. The van der Waals surface area contributed by atoms with E-state index in [2.05, 4.69) is 0 Å². The predicted molar refractivity (Wildman–Crippen MR) is 54.7 cm³/mol. The number of nitrogen functional groups attached to an aromatic ring is 1. The van der Waals surface area contributed by atoms with E-state index in [4.69, 9.17) is 28.9 Å². The number of hydrogen-bond acceptors (Lipinski definition) is 2. The first-order valence-electron chi connectivity index (χ1n) is 3.61. The van der Waals surface area contributed by atoms with Gasteiger partial charge >= 0.3 is 0 Å². The number of hydrogen-bond donors (Lipinski definition) is 1. The van der Waals surface area contributed by atoms with Crippen molar-refractivity contribution in [1.29, 1.82) is 0 Å². The molecule has 0 spiro atoms. The number of halogens is 3. The molecule has 0 bridgehead atoms. The van der Waals surface area contributed by atoms with Crippen molar-refractivity contribution >= 4 is 34.6 Å². The zero-order chi connectivity index (χ0) is 9.84. The molecule has 1 aromatic carbocycles. The number of nitrogens with zero attached hydrogens (tertiary/aromatic N) is 1. The van der Waals surface area contributed by atoms with Gasteiger partial charge in [-0.05, 0) is 18.2 Å². The minimum atomic E-state index is -0.415. The largest absolute Gasteiger partial charge is 0.399 e. The van der Waals surface area contributed by atoms with Crippen LogP contribution in [0, 0.1) is 5.82 Å². The zero-order valence-electron chi connectivity index (χ0n) is 6.80. The minimum Gasteiger partial charge on any atom is -0.399 e.